The van der Waals surface area contributed by atoms with Gasteiger partial charge in [0.2, 0.25) is 5.91 Å². The Morgan fingerprint density at radius 2 is 1.67 bits per heavy atom. The molecule has 1 atom stereocenters. The Morgan fingerprint density at radius 3 is 2.43 bits per heavy atom. The van der Waals surface area contributed by atoms with Crippen LogP contribution in [0.4, 0.5) is 0 Å². The molecule has 154 valence electrons. The topological polar surface area (TPSA) is 67.4 Å². The van der Waals surface area contributed by atoms with Crippen LogP contribution in [-0.2, 0) is 17.9 Å². The minimum Gasteiger partial charge on any atom is -0.489 e. The second kappa shape index (κ2) is 10.5. The van der Waals surface area contributed by atoms with Crippen LogP contribution < -0.4 is 15.4 Å². The van der Waals surface area contributed by atoms with E-state index in [0.717, 1.165) is 11.1 Å². The summed E-state index contributed by atoms with van der Waals surface area (Å²) >= 11 is 5.98. The van der Waals surface area contributed by atoms with Crippen LogP contribution in [0.1, 0.15) is 28.4 Å². The van der Waals surface area contributed by atoms with E-state index in [1.54, 1.807) is 37.3 Å². The highest BCUT2D eigenvalue weighted by Gasteiger charge is 2.16. The Labute approximate surface area is 181 Å². The quantitative estimate of drug-likeness (QED) is 0.567. The Morgan fingerprint density at radius 1 is 0.933 bits per heavy atom. The van der Waals surface area contributed by atoms with Crippen LogP contribution in [0.25, 0.3) is 0 Å². The molecule has 0 aliphatic heterocycles. The summed E-state index contributed by atoms with van der Waals surface area (Å²) in [6, 6.07) is 23.2. The lowest BCUT2D eigenvalue weighted by Crippen LogP contribution is -2.44. The molecule has 0 aromatic heterocycles. The minimum atomic E-state index is -0.669. The fourth-order valence-corrected chi connectivity index (χ4v) is 3.02. The van der Waals surface area contributed by atoms with Gasteiger partial charge in [-0.3, -0.25) is 9.59 Å². The summed E-state index contributed by atoms with van der Waals surface area (Å²) in [5.74, 6) is -0.0325. The van der Waals surface area contributed by atoms with Gasteiger partial charge in [0.1, 0.15) is 18.4 Å². The molecule has 6 heteroatoms. The largest absolute Gasteiger partial charge is 0.489 e. The van der Waals surface area contributed by atoms with Gasteiger partial charge in [-0.25, -0.2) is 0 Å². The normalized spacial score (nSPS) is 11.4. The molecule has 0 bridgehead atoms. The Kier molecular flexibility index (Phi) is 7.46. The molecule has 0 saturated carbocycles. The van der Waals surface area contributed by atoms with E-state index in [-0.39, 0.29) is 11.8 Å². The van der Waals surface area contributed by atoms with Crippen molar-refractivity contribution in [2.24, 2.45) is 0 Å². The van der Waals surface area contributed by atoms with Crippen molar-refractivity contribution >= 4 is 23.4 Å². The first-order valence-corrected chi connectivity index (χ1v) is 9.99. The van der Waals surface area contributed by atoms with E-state index in [1.165, 1.54) is 0 Å². The van der Waals surface area contributed by atoms with Crippen molar-refractivity contribution in [1.82, 2.24) is 10.6 Å². The second-order valence-corrected chi connectivity index (χ2v) is 7.28. The first-order chi connectivity index (χ1) is 14.5. The fraction of sp³-hybridized carbons (Fsp3) is 0.167. The van der Waals surface area contributed by atoms with Crippen molar-refractivity contribution in [2.45, 2.75) is 26.1 Å². The predicted molar refractivity (Wildman–Crippen MR) is 117 cm³/mol. The molecule has 0 saturated heterocycles. The van der Waals surface area contributed by atoms with E-state index < -0.39 is 6.04 Å². The van der Waals surface area contributed by atoms with Crippen LogP contribution >= 0.6 is 11.6 Å². The van der Waals surface area contributed by atoms with Gasteiger partial charge < -0.3 is 15.4 Å². The minimum absolute atomic E-state index is 0.249. The molecule has 0 radical (unpaired) electrons. The predicted octanol–water partition coefficient (Wildman–Crippen LogP) is 4.35. The summed E-state index contributed by atoms with van der Waals surface area (Å²) < 4.78 is 5.76. The zero-order valence-electron chi connectivity index (χ0n) is 16.6. The SMILES string of the molecule is CC(NC(=O)c1cccc(OCc2cccc(Cl)c2)c1)C(=O)NCc1ccccc1. The number of amides is 2. The van der Waals surface area contributed by atoms with Crippen LogP contribution in [0.15, 0.2) is 78.9 Å². The maximum absolute atomic E-state index is 12.5. The molecule has 3 aromatic rings. The molecule has 0 heterocycles. The molecule has 30 heavy (non-hydrogen) atoms. The number of halogens is 1. The Balaban J connectivity index is 1.53. The van der Waals surface area contributed by atoms with Gasteiger partial charge in [-0.15, -0.1) is 0 Å². The van der Waals surface area contributed by atoms with Gasteiger partial charge in [-0.1, -0.05) is 60.1 Å². The molecule has 5 nitrogen and oxygen atoms in total. The van der Waals surface area contributed by atoms with E-state index >= 15 is 0 Å². The van der Waals surface area contributed by atoms with E-state index in [1.807, 2.05) is 48.5 Å². The van der Waals surface area contributed by atoms with Gasteiger partial charge in [-0.05, 0) is 48.4 Å². The average molecular weight is 423 g/mol. The average Bonchev–Trinajstić information content (AvgIpc) is 2.77. The summed E-state index contributed by atoms with van der Waals surface area (Å²) in [5.41, 5.74) is 2.34. The molecule has 2 N–H and O–H groups in total. The third-order valence-electron chi connectivity index (χ3n) is 4.44. The van der Waals surface area contributed by atoms with Crippen LogP contribution in [0.5, 0.6) is 5.75 Å². The Hall–Kier alpha value is -3.31. The van der Waals surface area contributed by atoms with E-state index in [0.29, 0.717) is 29.5 Å². The maximum atomic E-state index is 12.5. The van der Waals surface area contributed by atoms with Crippen molar-refractivity contribution in [3.63, 3.8) is 0 Å². The molecule has 2 amide bonds. The maximum Gasteiger partial charge on any atom is 0.252 e. The fourth-order valence-electron chi connectivity index (χ4n) is 2.80. The zero-order chi connectivity index (χ0) is 21.3. The van der Waals surface area contributed by atoms with E-state index in [2.05, 4.69) is 10.6 Å². The highest BCUT2D eigenvalue weighted by atomic mass is 35.5. The third-order valence-corrected chi connectivity index (χ3v) is 4.68. The number of carbonyl (C=O) groups excluding carboxylic acids is 2. The van der Waals surface area contributed by atoms with Crippen molar-refractivity contribution in [1.29, 1.82) is 0 Å². The molecule has 0 aliphatic rings. The highest BCUT2D eigenvalue weighted by molar-refractivity contribution is 6.30. The van der Waals surface area contributed by atoms with E-state index in [4.69, 9.17) is 16.3 Å². The second-order valence-electron chi connectivity index (χ2n) is 6.84. The summed E-state index contributed by atoms with van der Waals surface area (Å²) in [4.78, 5) is 24.8. The van der Waals surface area contributed by atoms with Crippen molar-refractivity contribution in [2.75, 3.05) is 0 Å². The molecule has 3 aromatic carbocycles. The van der Waals surface area contributed by atoms with Gasteiger partial charge in [0.05, 0.1) is 0 Å². The molecular formula is C24H23ClN2O3. The van der Waals surface area contributed by atoms with Crippen LogP contribution in [0.3, 0.4) is 0 Å². The van der Waals surface area contributed by atoms with Gasteiger partial charge in [0.25, 0.3) is 5.91 Å². The molecular weight excluding hydrogens is 400 g/mol. The monoisotopic (exact) mass is 422 g/mol. The third kappa shape index (κ3) is 6.36. The zero-order valence-corrected chi connectivity index (χ0v) is 17.4. The lowest BCUT2D eigenvalue weighted by molar-refractivity contribution is -0.122. The molecule has 0 aliphatic carbocycles. The Bertz CT molecular complexity index is 1010. The number of nitrogens with one attached hydrogen (secondary N) is 2. The number of ether oxygens (including phenoxy) is 1. The highest BCUT2D eigenvalue weighted by Crippen LogP contribution is 2.17. The van der Waals surface area contributed by atoms with E-state index in [9.17, 15) is 9.59 Å². The number of rotatable bonds is 8. The number of benzene rings is 3. The van der Waals surface area contributed by atoms with Crippen molar-refractivity contribution in [3.8, 4) is 5.75 Å². The van der Waals surface area contributed by atoms with Crippen molar-refractivity contribution < 1.29 is 14.3 Å². The standard InChI is InChI=1S/C24H23ClN2O3/c1-17(23(28)26-15-18-7-3-2-4-8-18)27-24(29)20-10-6-12-22(14-20)30-16-19-9-5-11-21(25)13-19/h2-14,17H,15-16H2,1H3,(H,26,28)(H,27,29). The molecule has 3 rings (SSSR count). The van der Waals surface area contributed by atoms with Crippen LogP contribution in [0.2, 0.25) is 5.02 Å². The van der Waals surface area contributed by atoms with Gasteiger partial charge in [0, 0.05) is 17.1 Å². The summed E-state index contributed by atoms with van der Waals surface area (Å²) in [6.45, 7) is 2.40. The van der Waals surface area contributed by atoms with Crippen LogP contribution in [-0.4, -0.2) is 17.9 Å². The van der Waals surface area contributed by atoms with Gasteiger partial charge >= 0.3 is 0 Å². The van der Waals surface area contributed by atoms with Crippen molar-refractivity contribution in [3.05, 3.63) is 101 Å². The lowest BCUT2D eigenvalue weighted by Gasteiger charge is -2.15. The summed E-state index contributed by atoms with van der Waals surface area (Å²) in [6.07, 6.45) is 0. The lowest BCUT2D eigenvalue weighted by atomic mass is 10.1. The summed E-state index contributed by atoms with van der Waals surface area (Å²) in [5, 5.41) is 6.18. The number of hydrogen-bond acceptors (Lipinski definition) is 3. The first-order valence-electron chi connectivity index (χ1n) is 9.61. The molecule has 0 spiro atoms. The van der Waals surface area contributed by atoms with Crippen LogP contribution in [0, 0.1) is 0 Å². The van der Waals surface area contributed by atoms with Gasteiger partial charge in [0.15, 0.2) is 0 Å². The summed E-state index contributed by atoms with van der Waals surface area (Å²) in [7, 11) is 0. The molecule has 0 fully saturated rings. The smallest absolute Gasteiger partial charge is 0.252 e. The number of carbonyl (C=O) groups is 2. The van der Waals surface area contributed by atoms with Gasteiger partial charge in [-0.2, -0.15) is 0 Å². The molecule has 1 unspecified atom stereocenters. The number of hydrogen-bond donors (Lipinski definition) is 2. The first kappa shape index (κ1) is 21.4.